The number of nitrogens with one attached hydrogen (secondary N) is 5. The fourth-order valence-electron chi connectivity index (χ4n) is 8.61. The average molecular weight is 1150 g/mol. The second kappa shape index (κ2) is 32.5. The van der Waals surface area contributed by atoms with Gasteiger partial charge in [-0.1, -0.05) is 70.9 Å². The summed E-state index contributed by atoms with van der Waals surface area (Å²) < 4.78 is 21.5. The standard InChI is InChI=1S/C23H31N5O3.C22H28ClN5O3.C14H21N5O/c1-5-6-7-17(14-29)26-22-21-19(10-15(2)12-24-21)27-23(28-22)25-13-16-8-9-18(30-3)11-20(16)31-4;1-4-5-6-16(13-29)26-21-20-18(9-15(23)12-24-20)27-22(28-21)25-11-14-7-8-17(30-2)10-19(14)31-3;1-3-4-5-10(8-20)17-13-12-11(18-14(15)19-13)6-9(2)7-16-12/h8-12,17,29H,5-7,13-14H2,1-4H3,(H2,25,26,27,28);7-10,12,16,29H,4-6,11,13H2,1-3H3,(H2,25,26,27,28);6-7,10,20H,3-5,8H2,1-2H3,(H3,15,17,18,19)/t17-;16-;10-/m111/s1. The molecule has 10 N–H and O–H groups in total. The summed E-state index contributed by atoms with van der Waals surface area (Å²) in [5.74, 6) is 5.75. The van der Waals surface area contributed by atoms with Crippen LogP contribution in [0, 0.1) is 13.8 Å². The molecule has 440 valence electrons. The number of nitrogens with zero attached hydrogens (tertiary/aromatic N) is 9. The molecule has 3 atom stereocenters. The highest BCUT2D eigenvalue weighted by atomic mass is 35.5. The number of hydrogen-bond acceptors (Lipinski definition) is 22. The molecule has 2 aromatic carbocycles. The highest BCUT2D eigenvalue weighted by Crippen LogP contribution is 2.30. The minimum absolute atomic E-state index is 0.00486. The number of aryl methyl sites for hydroxylation is 2. The van der Waals surface area contributed by atoms with E-state index in [2.05, 4.69) is 92.2 Å². The summed E-state index contributed by atoms with van der Waals surface area (Å²) in [5.41, 5.74) is 13.7. The summed E-state index contributed by atoms with van der Waals surface area (Å²) in [6, 6.07) is 16.7. The van der Waals surface area contributed by atoms with Crippen molar-refractivity contribution < 1.29 is 34.3 Å². The minimum Gasteiger partial charge on any atom is -0.497 e. The smallest absolute Gasteiger partial charge is 0.225 e. The van der Waals surface area contributed by atoms with E-state index in [1.807, 2.05) is 62.4 Å². The molecule has 0 bridgehead atoms. The van der Waals surface area contributed by atoms with Crippen molar-refractivity contribution >= 4 is 80.0 Å². The van der Waals surface area contributed by atoms with Crippen LogP contribution < -0.4 is 51.3 Å². The molecule has 0 amide bonds. The first-order chi connectivity index (χ1) is 39.8. The lowest BCUT2D eigenvalue weighted by Gasteiger charge is -2.18. The van der Waals surface area contributed by atoms with Gasteiger partial charge in [-0.2, -0.15) is 15.0 Å². The number of nitrogens with two attached hydrogens (primary N) is 1. The van der Waals surface area contributed by atoms with Gasteiger partial charge in [-0.3, -0.25) is 9.97 Å². The van der Waals surface area contributed by atoms with Gasteiger partial charge < -0.3 is 66.6 Å². The fraction of sp³-hybridized carbons (Fsp3) is 0.441. The van der Waals surface area contributed by atoms with Crippen LogP contribution in [-0.2, 0) is 13.1 Å². The monoisotopic (exact) mass is 1150 g/mol. The number of ether oxygens (including phenoxy) is 4. The van der Waals surface area contributed by atoms with E-state index in [1.165, 1.54) is 0 Å². The van der Waals surface area contributed by atoms with E-state index < -0.39 is 0 Å². The maximum atomic E-state index is 9.79. The Labute approximate surface area is 484 Å². The van der Waals surface area contributed by atoms with Gasteiger partial charge >= 0.3 is 0 Å². The molecule has 22 nitrogen and oxygen atoms in total. The number of pyridine rings is 3. The minimum atomic E-state index is -0.120. The van der Waals surface area contributed by atoms with Gasteiger partial charge in [0, 0.05) is 54.9 Å². The first-order valence-electron chi connectivity index (χ1n) is 27.7. The summed E-state index contributed by atoms with van der Waals surface area (Å²) >= 11 is 6.13. The quantitative estimate of drug-likeness (QED) is 0.0220. The van der Waals surface area contributed by atoms with E-state index in [-0.39, 0.29) is 43.9 Å². The van der Waals surface area contributed by atoms with Crippen molar-refractivity contribution in [3.05, 3.63) is 100 Å². The van der Waals surface area contributed by atoms with Gasteiger partial charge in [0.2, 0.25) is 17.8 Å². The summed E-state index contributed by atoms with van der Waals surface area (Å²) in [6.07, 6.45) is 14.0. The number of fused-ring (bicyclic) bond motifs is 3. The summed E-state index contributed by atoms with van der Waals surface area (Å²) in [4.78, 5) is 40.2. The maximum Gasteiger partial charge on any atom is 0.225 e. The highest BCUT2D eigenvalue weighted by molar-refractivity contribution is 6.31. The Balaban J connectivity index is 0.000000203. The molecular weight excluding hydrogens is 1070 g/mol. The number of nitrogen functional groups attached to an aromatic ring is 1. The second-order valence-corrected chi connectivity index (χ2v) is 20.0. The number of aliphatic hydroxyl groups excluding tert-OH is 3. The van der Waals surface area contributed by atoms with E-state index in [9.17, 15) is 15.3 Å². The summed E-state index contributed by atoms with van der Waals surface area (Å²) in [6.45, 7) is 11.3. The Morgan fingerprint density at radius 3 is 1.28 bits per heavy atom. The van der Waals surface area contributed by atoms with Crippen LogP contribution in [0.3, 0.4) is 0 Å². The van der Waals surface area contributed by atoms with E-state index in [1.54, 1.807) is 53.1 Å². The SMILES string of the molecule is CCCC[C@H](CO)Nc1nc(N)nc2cc(C)cnc12.CCCC[C@H](CO)Nc1nc(NCc2ccc(OC)cc2OC)nc2cc(C)cnc12.CCCC[C@H](CO)Nc1nc(NCc2ccc(OC)cc2OC)nc2cc(Cl)cnc12. The molecule has 0 fully saturated rings. The molecule has 0 spiro atoms. The lowest BCUT2D eigenvalue weighted by molar-refractivity contribution is 0.266. The molecule has 0 unspecified atom stereocenters. The van der Waals surface area contributed by atoms with E-state index >= 15 is 0 Å². The molecule has 0 aliphatic heterocycles. The number of rotatable bonds is 28. The number of halogens is 1. The van der Waals surface area contributed by atoms with Gasteiger partial charge in [0.05, 0.1) is 88.0 Å². The molecule has 0 saturated heterocycles. The number of unbranched alkanes of at least 4 members (excludes halogenated alkanes) is 3. The first kappa shape index (κ1) is 63.3. The lowest BCUT2D eigenvalue weighted by Crippen LogP contribution is -2.25. The van der Waals surface area contributed by atoms with Crippen molar-refractivity contribution in [1.82, 2.24) is 44.9 Å². The Hall–Kier alpha value is -7.92. The number of anilines is 6. The largest absolute Gasteiger partial charge is 0.497 e. The molecule has 8 aromatic rings. The molecule has 0 aliphatic carbocycles. The van der Waals surface area contributed by atoms with Crippen molar-refractivity contribution in [2.75, 3.05) is 80.6 Å². The van der Waals surface area contributed by atoms with Crippen LogP contribution in [0.1, 0.15) is 101 Å². The number of benzene rings is 2. The first-order valence-corrected chi connectivity index (χ1v) is 28.1. The molecule has 0 radical (unpaired) electrons. The number of aromatic nitrogens is 9. The fourth-order valence-corrected chi connectivity index (χ4v) is 8.77. The molecule has 82 heavy (non-hydrogen) atoms. The summed E-state index contributed by atoms with van der Waals surface area (Å²) in [7, 11) is 6.49. The van der Waals surface area contributed by atoms with Gasteiger partial charge in [0.15, 0.2) is 17.5 Å². The highest BCUT2D eigenvalue weighted by Gasteiger charge is 2.18. The van der Waals surface area contributed by atoms with E-state index in [0.29, 0.717) is 80.8 Å². The predicted octanol–water partition coefficient (Wildman–Crippen LogP) is 10.1. The van der Waals surface area contributed by atoms with Crippen LogP contribution >= 0.6 is 11.6 Å². The normalized spacial score (nSPS) is 12.1. The Kier molecular flexibility index (Phi) is 25.1. The van der Waals surface area contributed by atoms with Gasteiger partial charge in [-0.25, -0.2) is 19.9 Å². The van der Waals surface area contributed by atoms with Crippen molar-refractivity contribution in [2.45, 2.75) is 124 Å². The van der Waals surface area contributed by atoms with Crippen molar-refractivity contribution in [2.24, 2.45) is 0 Å². The van der Waals surface area contributed by atoms with Crippen molar-refractivity contribution in [1.29, 1.82) is 0 Å². The van der Waals surface area contributed by atoms with Crippen molar-refractivity contribution in [3.63, 3.8) is 0 Å². The lowest BCUT2D eigenvalue weighted by atomic mass is 10.1. The van der Waals surface area contributed by atoms with Crippen LogP contribution in [0.25, 0.3) is 33.1 Å². The molecule has 0 saturated carbocycles. The molecule has 6 heterocycles. The van der Waals surface area contributed by atoms with Crippen LogP contribution in [0.15, 0.2) is 73.2 Å². The second-order valence-electron chi connectivity index (χ2n) is 19.6. The third-order valence-electron chi connectivity index (χ3n) is 13.1. The molecule has 8 rings (SSSR count). The average Bonchev–Trinajstić information content (AvgIpc) is 3.53. The van der Waals surface area contributed by atoms with Crippen molar-refractivity contribution in [3.8, 4) is 23.0 Å². The van der Waals surface area contributed by atoms with Crippen LogP contribution in [0.4, 0.5) is 35.3 Å². The summed E-state index contributed by atoms with van der Waals surface area (Å²) in [5, 5.41) is 45.9. The Morgan fingerprint density at radius 2 is 0.890 bits per heavy atom. The van der Waals surface area contributed by atoms with E-state index in [4.69, 9.17) is 36.3 Å². The Bertz CT molecular complexity index is 3120. The number of methoxy groups -OCH3 is 4. The zero-order chi connectivity index (χ0) is 59.0. The van der Waals surface area contributed by atoms with Crippen LogP contribution in [0.2, 0.25) is 5.02 Å². The molecule has 0 aliphatic rings. The molecule has 23 heteroatoms. The zero-order valence-electron chi connectivity index (χ0n) is 48.5. The number of aliphatic hydroxyl groups is 3. The van der Waals surface area contributed by atoms with Crippen LogP contribution in [0.5, 0.6) is 23.0 Å². The third kappa shape index (κ3) is 18.3. The molecular formula is C59H80ClN15O7. The van der Waals surface area contributed by atoms with Gasteiger partial charge in [0.25, 0.3) is 0 Å². The topological polar surface area (TPSA) is 300 Å². The number of hydrogen-bond donors (Lipinski definition) is 9. The third-order valence-corrected chi connectivity index (χ3v) is 13.3. The van der Waals surface area contributed by atoms with Gasteiger partial charge in [-0.05, 0) is 86.7 Å². The van der Waals surface area contributed by atoms with Crippen LogP contribution in [-0.4, -0.2) is 127 Å². The zero-order valence-corrected chi connectivity index (χ0v) is 49.3. The Morgan fingerprint density at radius 1 is 0.500 bits per heavy atom. The van der Waals surface area contributed by atoms with Gasteiger partial charge in [-0.15, -0.1) is 0 Å². The predicted molar refractivity (Wildman–Crippen MR) is 327 cm³/mol. The van der Waals surface area contributed by atoms with Gasteiger partial charge in [0.1, 0.15) is 39.5 Å². The maximum absolute atomic E-state index is 9.79. The molecule has 6 aromatic heterocycles. The van der Waals surface area contributed by atoms with E-state index in [0.717, 1.165) is 103 Å².